The molecule has 0 spiro atoms. The van der Waals surface area contributed by atoms with E-state index in [1.807, 2.05) is 26.1 Å². The zero-order chi connectivity index (χ0) is 13.2. The smallest absolute Gasteiger partial charge is 0.233 e. The van der Waals surface area contributed by atoms with Crippen molar-refractivity contribution in [1.82, 2.24) is 5.32 Å². The highest BCUT2D eigenvalue weighted by molar-refractivity contribution is 5.97. The van der Waals surface area contributed by atoms with Crippen LogP contribution < -0.4 is 10.2 Å². The summed E-state index contributed by atoms with van der Waals surface area (Å²) < 4.78 is 0. The van der Waals surface area contributed by atoms with E-state index in [9.17, 15) is 4.79 Å². The van der Waals surface area contributed by atoms with Gasteiger partial charge in [0.1, 0.15) is 0 Å². The number of carbonyl (C=O) groups excluding carboxylic acids is 1. The monoisotopic (exact) mass is 246 g/mol. The van der Waals surface area contributed by atoms with Gasteiger partial charge in [-0.1, -0.05) is 19.1 Å². The predicted molar refractivity (Wildman–Crippen MR) is 74.8 cm³/mol. The van der Waals surface area contributed by atoms with Gasteiger partial charge in [-0.2, -0.15) is 0 Å². The van der Waals surface area contributed by atoms with Crippen molar-refractivity contribution in [2.45, 2.75) is 26.7 Å². The molecule has 1 N–H and O–H groups in total. The molecule has 18 heavy (non-hydrogen) atoms. The molecule has 1 aliphatic rings. The molecule has 0 aliphatic carbocycles. The Morgan fingerprint density at radius 1 is 1.39 bits per heavy atom. The SMILES string of the molecule is CCc1ccc(N(C)C(=O)C2(C)CCNC2)cc1. The number of rotatable bonds is 3. The van der Waals surface area contributed by atoms with Gasteiger partial charge in [0.05, 0.1) is 5.41 Å². The van der Waals surface area contributed by atoms with Crippen LogP contribution in [0.25, 0.3) is 0 Å². The van der Waals surface area contributed by atoms with Gasteiger partial charge in [-0.3, -0.25) is 4.79 Å². The second-order valence-corrected chi connectivity index (χ2v) is 5.37. The van der Waals surface area contributed by atoms with Gasteiger partial charge in [0.15, 0.2) is 0 Å². The molecule has 0 aromatic heterocycles. The number of carbonyl (C=O) groups is 1. The summed E-state index contributed by atoms with van der Waals surface area (Å²) in [6.07, 6.45) is 1.95. The van der Waals surface area contributed by atoms with Gasteiger partial charge in [0.2, 0.25) is 5.91 Å². The Balaban J connectivity index is 2.14. The third-order valence-electron chi connectivity index (χ3n) is 3.92. The standard InChI is InChI=1S/C15H22N2O/c1-4-12-5-7-13(8-6-12)17(3)14(18)15(2)9-10-16-11-15/h5-8,16H,4,9-11H2,1-3H3. The molecule has 0 radical (unpaired) electrons. The minimum Gasteiger partial charge on any atom is -0.316 e. The first-order valence-corrected chi connectivity index (χ1v) is 6.64. The summed E-state index contributed by atoms with van der Waals surface area (Å²) in [5.74, 6) is 0.205. The minimum atomic E-state index is -0.252. The summed E-state index contributed by atoms with van der Waals surface area (Å²) in [4.78, 5) is 14.3. The number of hydrogen-bond acceptors (Lipinski definition) is 2. The van der Waals surface area contributed by atoms with Crippen molar-refractivity contribution in [2.24, 2.45) is 5.41 Å². The van der Waals surface area contributed by atoms with Crippen LogP contribution in [0.2, 0.25) is 0 Å². The van der Waals surface area contributed by atoms with E-state index >= 15 is 0 Å². The van der Waals surface area contributed by atoms with Gasteiger partial charge in [-0.15, -0.1) is 0 Å². The number of benzene rings is 1. The van der Waals surface area contributed by atoms with Crippen molar-refractivity contribution >= 4 is 11.6 Å². The molecule has 0 bridgehead atoms. The van der Waals surface area contributed by atoms with Crippen molar-refractivity contribution in [3.05, 3.63) is 29.8 Å². The normalized spacial score (nSPS) is 23.1. The number of anilines is 1. The summed E-state index contributed by atoms with van der Waals surface area (Å²) in [7, 11) is 1.87. The van der Waals surface area contributed by atoms with E-state index in [0.717, 1.165) is 31.6 Å². The van der Waals surface area contributed by atoms with Crippen LogP contribution in [0.15, 0.2) is 24.3 Å². The van der Waals surface area contributed by atoms with Gasteiger partial charge >= 0.3 is 0 Å². The third kappa shape index (κ3) is 2.41. The Bertz CT molecular complexity index is 419. The van der Waals surface area contributed by atoms with Gasteiger partial charge < -0.3 is 10.2 Å². The molecule has 1 atom stereocenters. The maximum absolute atomic E-state index is 12.5. The minimum absolute atomic E-state index is 0.205. The van der Waals surface area contributed by atoms with Crippen LogP contribution in [-0.4, -0.2) is 26.0 Å². The molecule has 1 saturated heterocycles. The van der Waals surface area contributed by atoms with Crippen LogP contribution in [0.1, 0.15) is 25.8 Å². The maximum Gasteiger partial charge on any atom is 0.233 e. The average molecular weight is 246 g/mol. The molecule has 2 rings (SSSR count). The van der Waals surface area contributed by atoms with E-state index in [1.54, 1.807) is 4.90 Å². The Morgan fingerprint density at radius 3 is 2.56 bits per heavy atom. The predicted octanol–water partition coefficient (Wildman–Crippen LogP) is 2.21. The van der Waals surface area contributed by atoms with E-state index in [4.69, 9.17) is 0 Å². The van der Waals surface area contributed by atoms with Gasteiger partial charge in [-0.25, -0.2) is 0 Å². The topological polar surface area (TPSA) is 32.3 Å². The molecule has 1 aromatic rings. The Kier molecular flexibility index (Phi) is 3.71. The summed E-state index contributed by atoms with van der Waals surface area (Å²) in [6.45, 7) is 5.90. The summed E-state index contributed by atoms with van der Waals surface area (Å²) in [5, 5.41) is 3.27. The van der Waals surface area contributed by atoms with Crippen LogP contribution in [0.4, 0.5) is 5.69 Å². The Hall–Kier alpha value is -1.35. The lowest BCUT2D eigenvalue weighted by molar-refractivity contribution is -0.126. The lowest BCUT2D eigenvalue weighted by atomic mass is 9.88. The maximum atomic E-state index is 12.5. The fourth-order valence-corrected chi connectivity index (χ4v) is 2.48. The summed E-state index contributed by atoms with van der Waals surface area (Å²) in [6, 6.07) is 8.24. The van der Waals surface area contributed by atoms with Crippen molar-refractivity contribution in [3.63, 3.8) is 0 Å². The Morgan fingerprint density at radius 2 is 2.06 bits per heavy atom. The highest BCUT2D eigenvalue weighted by atomic mass is 16.2. The highest BCUT2D eigenvalue weighted by Gasteiger charge is 2.38. The lowest BCUT2D eigenvalue weighted by Crippen LogP contribution is -2.41. The van der Waals surface area contributed by atoms with Crippen LogP contribution >= 0.6 is 0 Å². The largest absolute Gasteiger partial charge is 0.316 e. The summed E-state index contributed by atoms with van der Waals surface area (Å²) >= 11 is 0. The summed E-state index contributed by atoms with van der Waals surface area (Å²) in [5.41, 5.74) is 2.02. The van der Waals surface area contributed by atoms with E-state index in [1.165, 1.54) is 5.56 Å². The van der Waals surface area contributed by atoms with E-state index in [2.05, 4.69) is 24.4 Å². The van der Waals surface area contributed by atoms with Crippen molar-refractivity contribution in [1.29, 1.82) is 0 Å². The Labute approximate surface area is 109 Å². The van der Waals surface area contributed by atoms with Crippen molar-refractivity contribution < 1.29 is 4.79 Å². The molecule has 1 amide bonds. The number of nitrogens with zero attached hydrogens (tertiary/aromatic N) is 1. The first-order valence-electron chi connectivity index (χ1n) is 6.64. The zero-order valence-electron chi connectivity index (χ0n) is 11.5. The van der Waals surface area contributed by atoms with E-state index < -0.39 is 0 Å². The third-order valence-corrected chi connectivity index (χ3v) is 3.92. The lowest BCUT2D eigenvalue weighted by Gasteiger charge is -2.28. The van der Waals surface area contributed by atoms with Crippen molar-refractivity contribution in [2.75, 3.05) is 25.0 Å². The molecule has 1 aromatic carbocycles. The highest BCUT2D eigenvalue weighted by Crippen LogP contribution is 2.29. The number of hydrogen-bond donors (Lipinski definition) is 1. The molecule has 3 nitrogen and oxygen atoms in total. The van der Waals surface area contributed by atoms with Gasteiger partial charge in [-0.05, 0) is 44.0 Å². The zero-order valence-corrected chi connectivity index (χ0v) is 11.5. The quantitative estimate of drug-likeness (QED) is 0.887. The first kappa shape index (κ1) is 13.1. The molecule has 1 unspecified atom stereocenters. The van der Waals surface area contributed by atoms with Crippen molar-refractivity contribution in [3.8, 4) is 0 Å². The molecule has 98 valence electrons. The van der Waals surface area contributed by atoms with Crippen LogP contribution in [0.5, 0.6) is 0 Å². The second kappa shape index (κ2) is 5.11. The van der Waals surface area contributed by atoms with Crippen LogP contribution in [0, 0.1) is 5.41 Å². The first-order chi connectivity index (χ1) is 8.57. The molecule has 1 fully saturated rings. The molecular formula is C15H22N2O. The fraction of sp³-hybridized carbons (Fsp3) is 0.533. The van der Waals surface area contributed by atoms with Gasteiger partial charge in [0.25, 0.3) is 0 Å². The number of aryl methyl sites for hydroxylation is 1. The average Bonchev–Trinajstić information content (AvgIpc) is 2.85. The fourth-order valence-electron chi connectivity index (χ4n) is 2.48. The van der Waals surface area contributed by atoms with Crippen LogP contribution in [0.3, 0.4) is 0 Å². The molecule has 0 saturated carbocycles. The molecule has 3 heteroatoms. The van der Waals surface area contributed by atoms with E-state index in [0.29, 0.717) is 0 Å². The van der Waals surface area contributed by atoms with Crippen LogP contribution in [-0.2, 0) is 11.2 Å². The number of nitrogens with one attached hydrogen (secondary N) is 1. The van der Waals surface area contributed by atoms with E-state index in [-0.39, 0.29) is 11.3 Å². The second-order valence-electron chi connectivity index (χ2n) is 5.37. The molecule has 1 heterocycles. The molecule has 1 aliphatic heterocycles. The molecular weight excluding hydrogens is 224 g/mol. The number of amides is 1. The van der Waals surface area contributed by atoms with Gasteiger partial charge in [0, 0.05) is 19.3 Å².